The number of carbonyl (C=O) groups is 1. The van der Waals surface area contributed by atoms with Crippen LogP contribution in [-0.2, 0) is 6.42 Å². The minimum atomic E-state index is -0.0219. The summed E-state index contributed by atoms with van der Waals surface area (Å²) in [7, 11) is 0. The van der Waals surface area contributed by atoms with Gasteiger partial charge in [0.2, 0.25) is 0 Å². The highest BCUT2D eigenvalue weighted by Gasteiger charge is 2.10. The molecule has 2 rings (SSSR count). The number of halogens is 1. The van der Waals surface area contributed by atoms with Gasteiger partial charge in [-0.2, -0.15) is 0 Å². The lowest BCUT2D eigenvalue weighted by molar-refractivity contribution is 0.0956. The molecule has 17 heavy (non-hydrogen) atoms. The van der Waals surface area contributed by atoms with E-state index in [4.69, 9.17) is 0 Å². The van der Waals surface area contributed by atoms with Crippen LogP contribution in [0.3, 0.4) is 0 Å². The zero-order valence-electron chi connectivity index (χ0n) is 9.07. The third kappa shape index (κ3) is 3.41. The average Bonchev–Trinajstić information content (AvgIpc) is 2.95. The van der Waals surface area contributed by atoms with Crippen molar-refractivity contribution in [2.45, 2.75) is 12.8 Å². The Kier molecular flexibility index (Phi) is 4.33. The van der Waals surface area contributed by atoms with E-state index in [1.54, 1.807) is 12.4 Å². The number of aryl methyl sites for hydroxylation is 1. The summed E-state index contributed by atoms with van der Waals surface area (Å²) in [5.41, 5.74) is 0. The standard InChI is InChI=1S/C11H12BrN3OS/c12-8-3-7-17-10(8)11(16)15-4-1-2-9-13-5-6-14-9/h3,5-7H,1-2,4H2,(H,13,14)(H,15,16). The van der Waals surface area contributed by atoms with Gasteiger partial charge in [0.25, 0.3) is 5.91 Å². The number of hydrogen-bond acceptors (Lipinski definition) is 3. The second kappa shape index (κ2) is 5.97. The number of carbonyl (C=O) groups excluding carboxylic acids is 1. The molecule has 2 aromatic heterocycles. The van der Waals surface area contributed by atoms with Gasteiger partial charge in [0.1, 0.15) is 10.7 Å². The van der Waals surface area contributed by atoms with Crippen LogP contribution in [-0.4, -0.2) is 22.4 Å². The number of aromatic nitrogens is 2. The molecule has 0 atom stereocenters. The largest absolute Gasteiger partial charge is 0.351 e. The molecule has 2 heterocycles. The Hall–Kier alpha value is -1.14. The lowest BCUT2D eigenvalue weighted by Crippen LogP contribution is -2.24. The minimum absolute atomic E-state index is 0.0219. The Bertz CT molecular complexity index is 481. The summed E-state index contributed by atoms with van der Waals surface area (Å²) in [5.74, 6) is 0.933. The summed E-state index contributed by atoms with van der Waals surface area (Å²) in [6, 6.07) is 1.88. The number of H-pyrrole nitrogens is 1. The first-order valence-corrected chi connectivity index (χ1v) is 6.94. The van der Waals surface area contributed by atoms with Gasteiger partial charge in [-0.25, -0.2) is 4.98 Å². The van der Waals surface area contributed by atoms with Crippen LogP contribution in [0.2, 0.25) is 0 Å². The van der Waals surface area contributed by atoms with Gasteiger partial charge in [0.15, 0.2) is 0 Å². The van der Waals surface area contributed by atoms with Crippen molar-refractivity contribution in [1.82, 2.24) is 15.3 Å². The summed E-state index contributed by atoms with van der Waals surface area (Å²) >= 11 is 4.78. The highest BCUT2D eigenvalue weighted by atomic mass is 79.9. The van der Waals surface area contributed by atoms with Crippen LogP contribution in [0.15, 0.2) is 28.3 Å². The second-order valence-corrected chi connectivity index (χ2v) is 5.26. The molecule has 0 aliphatic carbocycles. The van der Waals surface area contributed by atoms with Crippen molar-refractivity contribution in [3.05, 3.63) is 39.0 Å². The van der Waals surface area contributed by atoms with Crippen molar-refractivity contribution in [1.29, 1.82) is 0 Å². The SMILES string of the molecule is O=C(NCCCc1ncc[nH]1)c1sccc1Br. The highest BCUT2D eigenvalue weighted by molar-refractivity contribution is 9.10. The lowest BCUT2D eigenvalue weighted by atomic mass is 10.3. The Labute approximate surface area is 112 Å². The van der Waals surface area contributed by atoms with E-state index in [-0.39, 0.29) is 5.91 Å². The number of hydrogen-bond donors (Lipinski definition) is 2. The van der Waals surface area contributed by atoms with Gasteiger partial charge >= 0.3 is 0 Å². The number of imidazole rings is 1. The van der Waals surface area contributed by atoms with E-state index in [9.17, 15) is 4.79 Å². The molecule has 2 aromatic rings. The number of nitrogens with zero attached hydrogens (tertiary/aromatic N) is 1. The number of thiophene rings is 1. The molecule has 0 bridgehead atoms. The third-order valence-electron chi connectivity index (χ3n) is 2.25. The van der Waals surface area contributed by atoms with Gasteiger partial charge in [-0.3, -0.25) is 4.79 Å². The molecule has 6 heteroatoms. The van der Waals surface area contributed by atoms with Crippen LogP contribution >= 0.6 is 27.3 Å². The van der Waals surface area contributed by atoms with E-state index in [1.807, 2.05) is 11.4 Å². The molecule has 0 saturated carbocycles. The summed E-state index contributed by atoms with van der Waals surface area (Å²) in [6.07, 6.45) is 5.26. The van der Waals surface area contributed by atoms with E-state index in [2.05, 4.69) is 31.2 Å². The summed E-state index contributed by atoms with van der Waals surface area (Å²) in [6.45, 7) is 0.657. The van der Waals surface area contributed by atoms with Crippen LogP contribution in [0, 0.1) is 0 Å². The summed E-state index contributed by atoms with van der Waals surface area (Å²) in [4.78, 5) is 19.6. The third-order valence-corrected chi connectivity index (χ3v) is 4.09. The molecule has 0 spiro atoms. The van der Waals surface area contributed by atoms with Crippen LogP contribution < -0.4 is 5.32 Å². The van der Waals surface area contributed by atoms with Crippen molar-refractivity contribution in [3.8, 4) is 0 Å². The maximum atomic E-state index is 11.7. The molecule has 0 aliphatic rings. The molecule has 0 radical (unpaired) electrons. The fraction of sp³-hybridized carbons (Fsp3) is 0.273. The molecule has 0 unspecified atom stereocenters. The molecule has 0 aromatic carbocycles. The van der Waals surface area contributed by atoms with Crippen LogP contribution in [0.25, 0.3) is 0 Å². The average molecular weight is 314 g/mol. The van der Waals surface area contributed by atoms with Crippen molar-refractivity contribution < 1.29 is 4.79 Å². The Morgan fingerprint density at radius 2 is 2.47 bits per heavy atom. The zero-order chi connectivity index (χ0) is 12.1. The first-order valence-electron chi connectivity index (χ1n) is 5.27. The minimum Gasteiger partial charge on any atom is -0.351 e. The zero-order valence-corrected chi connectivity index (χ0v) is 11.5. The van der Waals surface area contributed by atoms with Gasteiger partial charge < -0.3 is 10.3 Å². The van der Waals surface area contributed by atoms with E-state index in [1.165, 1.54) is 11.3 Å². The first kappa shape index (κ1) is 12.3. The van der Waals surface area contributed by atoms with Gasteiger partial charge in [0.05, 0.1) is 0 Å². The molecular weight excluding hydrogens is 302 g/mol. The smallest absolute Gasteiger partial charge is 0.262 e. The van der Waals surface area contributed by atoms with Crippen LogP contribution in [0.4, 0.5) is 0 Å². The topological polar surface area (TPSA) is 57.8 Å². The molecule has 4 nitrogen and oxygen atoms in total. The Morgan fingerprint density at radius 1 is 1.59 bits per heavy atom. The van der Waals surface area contributed by atoms with E-state index < -0.39 is 0 Å². The fourth-order valence-electron chi connectivity index (χ4n) is 1.43. The van der Waals surface area contributed by atoms with Crippen LogP contribution in [0.5, 0.6) is 0 Å². The van der Waals surface area contributed by atoms with Gasteiger partial charge in [0, 0.05) is 29.8 Å². The van der Waals surface area contributed by atoms with Crippen molar-refractivity contribution in [2.24, 2.45) is 0 Å². The van der Waals surface area contributed by atoms with E-state index >= 15 is 0 Å². The van der Waals surface area contributed by atoms with Gasteiger partial charge in [-0.1, -0.05) is 0 Å². The molecule has 2 N–H and O–H groups in total. The fourth-order valence-corrected chi connectivity index (χ4v) is 2.90. The van der Waals surface area contributed by atoms with Gasteiger partial charge in [-0.15, -0.1) is 11.3 Å². The van der Waals surface area contributed by atoms with E-state index in [0.717, 1.165) is 28.0 Å². The Balaban J connectivity index is 1.72. The van der Waals surface area contributed by atoms with Crippen molar-refractivity contribution >= 4 is 33.2 Å². The number of nitrogens with one attached hydrogen (secondary N) is 2. The quantitative estimate of drug-likeness (QED) is 0.834. The maximum absolute atomic E-state index is 11.7. The predicted octanol–water partition coefficient (Wildman–Crippen LogP) is 2.60. The molecule has 0 fully saturated rings. The molecule has 0 saturated heterocycles. The van der Waals surface area contributed by atoms with Crippen LogP contribution in [0.1, 0.15) is 21.9 Å². The molecule has 90 valence electrons. The summed E-state index contributed by atoms with van der Waals surface area (Å²) < 4.78 is 0.853. The van der Waals surface area contributed by atoms with Gasteiger partial charge in [-0.05, 0) is 33.8 Å². The monoisotopic (exact) mass is 313 g/mol. The molecular formula is C11H12BrN3OS. The molecule has 0 aliphatic heterocycles. The van der Waals surface area contributed by atoms with E-state index in [0.29, 0.717) is 6.54 Å². The second-order valence-electron chi connectivity index (χ2n) is 3.49. The number of rotatable bonds is 5. The summed E-state index contributed by atoms with van der Waals surface area (Å²) in [5, 5.41) is 4.78. The van der Waals surface area contributed by atoms with Crippen molar-refractivity contribution in [3.63, 3.8) is 0 Å². The normalized spacial score (nSPS) is 10.4. The first-order chi connectivity index (χ1) is 8.27. The predicted molar refractivity (Wildman–Crippen MR) is 71.3 cm³/mol. The Morgan fingerprint density at radius 3 is 3.12 bits per heavy atom. The van der Waals surface area contributed by atoms with Crippen molar-refractivity contribution in [2.75, 3.05) is 6.54 Å². The lowest BCUT2D eigenvalue weighted by Gasteiger charge is -2.03. The number of amides is 1. The molecule has 1 amide bonds. The maximum Gasteiger partial charge on any atom is 0.262 e. The number of aromatic amines is 1. The highest BCUT2D eigenvalue weighted by Crippen LogP contribution is 2.22.